The predicted molar refractivity (Wildman–Crippen MR) is 72.4 cm³/mol. The summed E-state index contributed by atoms with van der Waals surface area (Å²) in [5.74, 6) is 0.422. The van der Waals surface area contributed by atoms with Gasteiger partial charge < -0.3 is 4.90 Å². The first-order valence-corrected chi connectivity index (χ1v) is 7.04. The fourth-order valence-electron chi connectivity index (χ4n) is 2.60. The van der Waals surface area contributed by atoms with Gasteiger partial charge in [-0.3, -0.25) is 4.79 Å². The molecular weight excluding hydrogens is 228 g/mol. The molecule has 1 fully saturated rings. The van der Waals surface area contributed by atoms with Crippen molar-refractivity contribution in [2.75, 3.05) is 19.6 Å². The first kappa shape index (κ1) is 15.0. The molecule has 0 unspecified atom stereocenters. The van der Waals surface area contributed by atoms with Gasteiger partial charge in [0.25, 0.3) is 0 Å². The van der Waals surface area contributed by atoms with Crippen LogP contribution in [0.3, 0.4) is 0 Å². The standard InChI is InChI=1S/C13H24N4O/c1-2-10-17(11-4-3-9-15-16-14)12-5-7-13(18)8-6-12/h12H,2-11H2,1H3. The van der Waals surface area contributed by atoms with Crippen molar-refractivity contribution in [2.45, 2.75) is 57.9 Å². The van der Waals surface area contributed by atoms with Crippen LogP contribution in [0.25, 0.3) is 10.4 Å². The number of rotatable bonds is 8. The van der Waals surface area contributed by atoms with Crippen LogP contribution in [0.15, 0.2) is 5.11 Å². The van der Waals surface area contributed by atoms with Gasteiger partial charge >= 0.3 is 0 Å². The number of carbonyl (C=O) groups is 1. The molecule has 0 aromatic carbocycles. The molecule has 1 aliphatic carbocycles. The Balaban J connectivity index is 2.29. The largest absolute Gasteiger partial charge is 0.300 e. The number of azide groups is 1. The molecule has 0 aromatic heterocycles. The molecule has 0 radical (unpaired) electrons. The van der Waals surface area contributed by atoms with E-state index in [0.717, 1.165) is 58.0 Å². The maximum atomic E-state index is 11.3. The van der Waals surface area contributed by atoms with Crippen molar-refractivity contribution in [3.63, 3.8) is 0 Å². The molecule has 102 valence electrons. The summed E-state index contributed by atoms with van der Waals surface area (Å²) in [5.41, 5.74) is 8.20. The average molecular weight is 252 g/mol. The van der Waals surface area contributed by atoms with Crippen LogP contribution < -0.4 is 0 Å². The average Bonchev–Trinajstić information content (AvgIpc) is 2.38. The highest BCUT2D eigenvalue weighted by molar-refractivity contribution is 5.79. The number of carbonyl (C=O) groups excluding carboxylic acids is 1. The Morgan fingerprint density at radius 2 is 2.06 bits per heavy atom. The lowest BCUT2D eigenvalue weighted by molar-refractivity contribution is -0.121. The molecule has 0 N–H and O–H groups in total. The summed E-state index contributed by atoms with van der Waals surface area (Å²) in [6, 6.07) is 0.585. The van der Waals surface area contributed by atoms with Crippen molar-refractivity contribution in [1.29, 1.82) is 0 Å². The van der Waals surface area contributed by atoms with E-state index in [0.29, 0.717) is 18.4 Å². The van der Waals surface area contributed by atoms with Gasteiger partial charge in [-0.25, -0.2) is 0 Å². The number of hydrogen-bond acceptors (Lipinski definition) is 3. The lowest BCUT2D eigenvalue weighted by atomic mass is 9.93. The van der Waals surface area contributed by atoms with Crippen LogP contribution in [0, 0.1) is 0 Å². The van der Waals surface area contributed by atoms with Gasteiger partial charge in [-0.05, 0) is 50.7 Å². The molecule has 0 aromatic rings. The second-order valence-corrected chi connectivity index (χ2v) is 4.97. The Morgan fingerprint density at radius 1 is 1.33 bits per heavy atom. The van der Waals surface area contributed by atoms with Crippen LogP contribution in [0.1, 0.15) is 51.9 Å². The van der Waals surface area contributed by atoms with Crippen molar-refractivity contribution in [3.05, 3.63) is 10.4 Å². The van der Waals surface area contributed by atoms with Gasteiger partial charge in [-0.15, -0.1) is 0 Å². The number of Topliss-reactive ketones (excluding diaryl/α,β-unsaturated/α-hetero) is 1. The molecule has 5 nitrogen and oxygen atoms in total. The van der Waals surface area contributed by atoms with E-state index >= 15 is 0 Å². The Kier molecular flexibility index (Phi) is 7.46. The molecule has 0 bridgehead atoms. The number of ketones is 1. The summed E-state index contributed by atoms with van der Waals surface area (Å²) in [4.78, 5) is 16.5. The summed E-state index contributed by atoms with van der Waals surface area (Å²) in [6.07, 6.45) is 6.73. The van der Waals surface area contributed by atoms with E-state index in [-0.39, 0.29) is 0 Å². The summed E-state index contributed by atoms with van der Waals surface area (Å²) >= 11 is 0. The van der Waals surface area contributed by atoms with Crippen molar-refractivity contribution >= 4 is 5.78 Å². The smallest absolute Gasteiger partial charge is 0.133 e. The summed E-state index contributed by atoms with van der Waals surface area (Å²) in [5, 5.41) is 3.55. The molecule has 0 aliphatic heterocycles. The fourth-order valence-corrected chi connectivity index (χ4v) is 2.60. The minimum atomic E-state index is 0.422. The van der Waals surface area contributed by atoms with Crippen LogP contribution in [-0.4, -0.2) is 36.4 Å². The highest BCUT2D eigenvalue weighted by atomic mass is 16.1. The molecule has 1 aliphatic rings. The van der Waals surface area contributed by atoms with Gasteiger partial charge in [0, 0.05) is 30.3 Å². The number of nitrogens with zero attached hydrogens (tertiary/aromatic N) is 4. The molecule has 0 spiro atoms. The maximum absolute atomic E-state index is 11.3. The van der Waals surface area contributed by atoms with Crippen LogP contribution in [0.4, 0.5) is 0 Å². The lowest BCUT2D eigenvalue weighted by Crippen LogP contribution is -2.39. The van der Waals surface area contributed by atoms with Gasteiger partial charge in [0.15, 0.2) is 0 Å². The van der Waals surface area contributed by atoms with E-state index in [9.17, 15) is 4.79 Å². The van der Waals surface area contributed by atoms with Crippen LogP contribution in [0.2, 0.25) is 0 Å². The molecule has 18 heavy (non-hydrogen) atoms. The van der Waals surface area contributed by atoms with Gasteiger partial charge in [0.1, 0.15) is 5.78 Å². The summed E-state index contributed by atoms with van der Waals surface area (Å²) in [7, 11) is 0. The molecular formula is C13H24N4O. The molecule has 1 saturated carbocycles. The molecule has 0 atom stereocenters. The van der Waals surface area contributed by atoms with Gasteiger partial charge in [0.2, 0.25) is 0 Å². The Labute approximate surface area is 109 Å². The predicted octanol–water partition coefficient (Wildman–Crippen LogP) is 3.30. The van der Waals surface area contributed by atoms with Gasteiger partial charge in [-0.2, -0.15) is 0 Å². The Bertz CT molecular complexity index is 289. The van der Waals surface area contributed by atoms with Gasteiger partial charge in [-0.1, -0.05) is 12.0 Å². The monoisotopic (exact) mass is 252 g/mol. The highest BCUT2D eigenvalue weighted by Crippen LogP contribution is 2.21. The third-order valence-electron chi connectivity index (χ3n) is 3.56. The molecule has 1 rings (SSSR count). The first-order valence-electron chi connectivity index (χ1n) is 7.04. The third-order valence-corrected chi connectivity index (χ3v) is 3.56. The summed E-state index contributed by atoms with van der Waals surface area (Å²) in [6.45, 7) is 4.97. The minimum absolute atomic E-state index is 0.422. The van der Waals surface area contributed by atoms with Crippen LogP contribution in [-0.2, 0) is 4.79 Å². The SMILES string of the molecule is CCCN(CCCCN=[N+]=[N-])C1CCC(=O)CC1. The zero-order chi connectivity index (χ0) is 13.2. The quantitative estimate of drug-likeness (QED) is 0.288. The second-order valence-electron chi connectivity index (χ2n) is 4.97. The first-order chi connectivity index (χ1) is 8.77. The third kappa shape index (κ3) is 5.52. The number of unbranched alkanes of at least 4 members (excludes halogenated alkanes) is 1. The van der Waals surface area contributed by atoms with E-state index < -0.39 is 0 Å². The number of hydrogen-bond donors (Lipinski definition) is 0. The molecule has 5 heteroatoms. The zero-order valence-electron chi connectivity index (χ0n) is 11.3. The van der Waals surface area contributed by atoms with E-state index in [1.807, 2.05) is 0 Å². The molecule has 0 heterocycles. The van der Waals surface area contributed by atoms with E-state index in [2.05, 4.69) is 21.8 Å². The van der Waals surface area contributed by atoms with Crippen molar-refractivity contribution in [3.8, 4) is 0 Å². The van der Waals surface area contributed by atoms with Crippen LogP contribution in [0.5, 0.6) is 0 Å². The van der Waals surface area contributed by atoms with E-state index in [1.165, 1.54) is 0 Å². The van der Waals surface area contributed by atoms with E-state index in [4.69, 9.17) is 5.53 Å². The fraction of sp³-hybridized carbons (Fsp3) is 0.923. The lowest BCUT2D eigenvalue weighted by Gasteiger charge is -2.33. The topological polar surface area (TPSA) is 69.1 Å². The van der Waals surface area contributed by atoms with Crippen molar-refractivity contribution < 1.29 is 4.79 Å². The summed E-state index contributed by atoms with van der Waals surface area (Å²) < 4.78 is 0. The van der Waals surface area contributed by atoms with Gasteiger partial charge in [0.05, 0.1) is 0 Å². The van der Waals surface area contributed by atoms with Crippen molar-refractivity contribution in [2.24, 2.45) is 5.11 Å². The highest BCUT2D eigenvalue weighted by Gasteiger charge is 2.23. The maximum Gasteiger partial charge on any atom is 0.133 e. The Hall–Kier alpha value is -1.06. The van der Waals surface area contributed by atoms with E-state index in [1.54, 1.807) is 0 Å². The molecule has 0 amide bonds. The van der Waals surface area contributed by atoms with Crippen molar-refractivity contribution in [1.82, 2.24) is 4.90 Å². The second kappa shape index (κ2) is 8.95. The minimum Gasteiger partial charge on any atom is -0.300 e. The zero-order valence-corrected chi connectivity index (χ0v) is 11.3. The molecule has 0 saturated heterocycles. The Morgan fingerprint density at radius 3 is 2.67 bits per heavy atom. The normalized spacial score (nSPS) is 16.9. The van der Waals surface area contributed by atoms with Crippen LogP contribution >= 0.6 is 0 Å².